The predicted octanol–water partition coefficient (Wildman–Crippen LogP) is 1.06. The van der Waals surface area contributed by atoms with Gasteiger partial charge in [-0.2, -0.15) is 5.26 Å². The minimum absolute atomic E-state index is 0.269. The van der Waals surface area contributed by atoms with E-state index in [1.54, 1.807) is 6.07 Å². The third-order valence-electron chi connectivity index (χ3n) is 0.389. The minimum atomic E-state index is -2.14. The lowest BCUT2D eigenvalue weighted by Gasteiger charge is -1.82. The maximum atomic E-state index is 7.91. The minimum Gasteiger partial charge on any atom is -0.409 e. The van der Waals surface area contributed by atoms with Crippen molar-refractivity contribution in [2.75, 3.05) is 0 Å². The van der Waals surface area contributed by atoms with Crippen molar-refractivity contribution in [1.29, 1.82) is 5.26 Å². The third kappa shape index (κ3) is 15.9. The van der Waals surface area contributed by atoms with Gasteiger partial charge in [-0.15, -0.1) is 0 Å². The van der Waals surface area contributed by atoms with Gasteiger partial charge in [0.05, 0.1) is 6.07 Å². The molecule has 0 aliphatic rings. The highest BCUT2D eigenvalue weighted by Gasteiger charge is 1.78. The Hall–Kier alpha value is -1.24. The van der Waals surface area contributed by atoms with Gasteiger partial charge in [0, 0.05) is 21.1 Å². The van der Waals surface area contributed by atoms with E-state index < -0.39 is 13.7 Å². The van der Waals surface area contributed by atoms with Crippen molar-refractivity contribution in [2.45, 2.75) is 26.5 Å². The SMILES string of the molecule is [2H]C([2H])([2H])C/C(N)=N/O.[2H]C([2H])([2H])CC#N. The normalized spacial score (nSPS) is 20.5. The van der Waals surface area contributed by atoms with Gasteiger partial charge in [-0.1, -0.05) is 18.9 Å². The van der Waals surface area contributed by atoms with Crippen molar-refractivity contribution >= 4 is 5.84 Å². The number of oxime groups is 1. The summed E-state index contributed by atoms with van der Waals surface area (Å²) in [4.78, 5) is 0. The number of hydrogen-bond donors (Lipinski definition) is 2. The maximum absolute atomic E-state index is 7.91. The van der Waals surface area contributed by atoms with E-state index in [1.165, 1.54) is 0 Å². The van der Waals surface area contributed by atoms with Crippen LogP contribution in [0, 0.1) is 11.3 Å². The van der Waals surface area contributed by atoms with E-state index in [-0.39, 0.29) is 18.7 Å². The molecule has 0 rings (SSSR count). The van der Waals surface area contributed by atoms with E-state index in [9.17, 15) is 0 Å². The first-order valence-corrected chi connectivity index (χ1v) is 2.35. The molecule has 0 unspecified atom stereocenters. The van der Waals surface area contributed by atoms with Gasteiger partial charge in [0.2, 0.25) is 0 Å². The molecule has 0 radical (unpaired) electrons. The van der Waals surface area contributed by atoms with Crippen LogP contribution in [0.5, 0.6) is 0 Å². The largest absolute Gasteiger partial charge is 0.409 e. The highest BCUT2D eigenvalue weighted by atomic mass is 16.4. The molecule has 0 atom stereocenters. The standard InChI is InChI=1S/C3H8N2O.C3H5N/c1-2-3(4)5-6;1-2-3-4/h6H,2H2,1H3,(H2,4,5);2H2,1H3/i2*1D3. The predicted molar refractivity (Wildman–Crippen MR) is 39.6 cm³/mol. The summed E-state index contributed by atoms with van der Waals surface area (Å²) in [7, 11) is 0. The Balaban J connectivity index is 0. The number of rotatable bonds is 1. The number of nitrogens with two attached hydrogens (primary N) is 1. The molecule has 58 valence electrons. The van der Waals surface area contributed by atoms with Crippen LogP contribution in [0.2, 0.25) is 0 Å². The fourth-order valence-corrected chi connectivity index (χ4v) is 0.0354. The summed E-state index contributed by atoms with van der Waals surface area (Å²) < 4.78 is 39.2. The fourth-order valence-electron chi connectivity index (χ4n) is 0.0354. The van der Waals surface area contributed by atoms with Gasteiger partial charge in [0.1, 0.15) is 5.84 Å². The molecule has 4 heteroatoms. The molecule has 0 aromatic heterocycles. The summed E-state index contributed by atoms with van der Waals surface area (Å²) in [5.74, 6) is -0.269. The van der Waals surface area contributed by atoms with Crippen molar-refractivity contribution in [3.63, 3.8) is 0 Å². The molecular weight excluding hydrogens is 130 g/mol. The van der Waals surface area contributed by atoms with Gasteiger partial charge in [0.15, 0.2) is 0 Å². The first-order valence-electron chi connectivity index (χ1n) is 5.35. The summed E-state index contributed by atoms with van der Waals surface area (Å²) in [5, 5.41) is 18.2. The second-order valence-corrected chi connectivity index (χ2v) is 1.10. The first-order chi connectivity index (χ1) is 7.02. The Kier molecular flexibility index (Phi) is 3.46. The molecule has 0 heterocycles. The van der Waals surface area contributed by atoms with Crippen LogP contribution in [0.1, 0.15) is 34.8 Å². The Labute approximate surface area is 69.4 Å². The third-order valence-corrected chi connectivity index (χ3v) is 0.389. The van der Waals surface area contributed by atoms with Crippen LogP contribution in [0.3, 0.4) is 0 Å². The van der Waals surface area contributed by atoms with Gasteiger partial charge in [-0.3, -0.25) is 0 Å². The maximum Gasteiger partial charge on any atom is 0.138 e. The van der Waals surface area contributed by atoms with E-state index in [1.807, 2.05) is 0 Å². The Bertz CT molecular complexity index is 263. The zero-order valence-corrected chi connectivity index (χ0v) is 5.33. The lowest BCUT2D eigenvalue weighted by Crippen LogP contribution is -2.08. The summed E-state index contributed by atoms with van der Waals surface area (Å²) >= 11 is 0. The van der Waals surface area contributed by atoms with E-state index in [4.69, 9.17) is 24.4 Å². The molecule has 0 saturated carbocycles. The van der Waals surface area contributed by atoms with Crippen molar-refractivity contribution < 1.29 is 13.4 Å². The smallest absolute Gasteiger partial charge is 0.138 e. The second kappa shape index (κ2) is 10.7. The van der Waals surface area contributed by atoms with Crippen LogP contribution in [0.25, 0.3) is 0 Å². The number of nitriles is 1. The van der Waals surface area contributed by atoms with Gasteiger partial charge >= 0.3 is 0 Å². The molecule has 0 bridgehead atoms. The second-order valence-electron chi connectivity index (χ2n) is 1.10. The van der Waals surface area contributed by atoms with Gasteiger partial charge in [-0.25, -0.2) is 0 Å². The molecule has 0 spiro atoms. The fraction of sp³-hybridized carbons (Fsp3) is 0.667. The highest BCUT2D eigenvalue weighted by Crippen LogP contribution is 1.70. The quantitative estimate of drug-likeness (QED) is 0.253. The van der Waals surface area contributed by atoms with Crippen LogP contribution in [-0.2, 0) is 0 Å². The molecule has 0 fully saturated rings. The molecule has 0 aliphatic heterocycles. The van der Waals surface area contributed by atoms with E-state index >= 15 is 0 Å². The summed E-state index contributed by atoms with van der Waals surface area (Å²) in [5.41, 5.74) is 4.90. The average molecular weight is 149 g/mol. The topological polar surface area (TPSA) is 82.4 Å². The van der Waals surface area contributed by atoms with Gasteiger partial charge in [0.25, 0.3) is 0 Å². The molecule has 0 aliphatic carbocycles. The average Bonchev–Trinajstić information content (AvgIpc) is 1.99. The number of nitrogens with zero attached hydrogens (tertiary/aromatic N) is 2. The summed E-state index contributed by atoms with van der Waals surface area (Å²) in [6, 6.07) is 1.55. The Morgan fingerprint density at radius 2 is 2.60 bits per heavy atom. The molecule has 0 aromatic rings. The van der Waals surface area contributed by atoms with Crippen LogP contribution in [-0.4, -0.2) is 11.0 Å². The number of hydrogen-bond acceptors (Lipinski definition) is 3. The van der Waals surface area contributed by atoms with Crippen molar-refractivity contribution in [3.8, 4) is 6.07 Å². The van der Waals surface area contributed by atoms with Gasteiger partial charge < -0.3 is 10.9 Å². The molecule has 10 heavy (non-hydrogen) atoms. The van der Waals surface area contributed by atoms with Crippen molar-refractivity contribution in [2.24, 2.45) is 10.9 Å². The zero-order valence-electron chi connectivity index (χ0n) is 11.3. The zero-order chi connectivity index (χ0) is 13.4. The molecule has 4 nitrogen and oxygen atoms in total. The van der Waals surface area contributed by atoms with Gasteiger partial charge in [-0.05, 0) is 0 Å². The van der Waals surface area contributed by atoms with Crippen molar-refractivity contribution in [3.05, 3.63) is 0 Å². The molecule has 0 aromatic carbocycles. The van der Waals surface area contributed by atoms with E-state index in [0.717, 1.165) is 0 Å². The summed E-state index contributed by atoms with van der Waals surface area (Å²) in [6.07, 6.45) is -0.726. The lowest BCUT2D eigenvalue weighted by atomic mass is 10.5. The molecule has 0 saturated heterocycles. The molecular formula is C6H13N3O. The highest BCUT2D eigenvalue weighted by molar-refractivity contribution is 5.79. The Morgan fingerprint density at radius 3 is 2.70 bits per heavy atom. The number of amidine groups is 1. The van der Waals surface area contributed by atoms with Crippen molar-refractivity contribution in [1.82, 2.24) is 0 Å². The molecule has 0 amide bonds. The van der Waals surface area contributed by atoms with E-state index in [0.29, 0.717) is 0 Å². The summed E-state index contributed by atoms with van der Waals surface area (Å²) in [6.45, 7) is -4.20. The van der Waals surface area contributed by atoms with Crippen LogP contribution in [0.15, 0.2) is 5.16 Å². The van der Waals surface area contributed by atoms with Crippen LogP contribution < -0.4 is 5.73 Å². The monoisotopic (exact) mass is 149 g/mol. The lowest BCUT2D eigenvalue weighted by molar-refractivity contribution is 0.317. The van der Waals surface area contributed by atoms with Crippen LogP contribution >= 0.6 is 0 Å². The van der Waals surface area contributed by atoms with E-state index in [2.05, 4.69) is 5.16 Å². The molecule has 3 N–H and O–H groups in total. The Morgan fingerprint density at radius 1 is 1.90 bits per heavy atom. The van der Waals surface area contributed by atoms with Crippen LogP contribution in [0.4, 0.5) is 0 Å². The first kappa shape index (κ1) is 3.24.